The zero-order chi connectivity index (χ0) is 11.4. The van der Waals surface area contributed by atoms with Crippen LogP contribution in [0.4, 0.5) is 4.39 Å². The van der Waals surface area contributed by atoms with E-state index < -0.39 is 0 Å². The molecule has 0 aromatic heterocycles. The van der Waals surface area contributed by atoms with Crippen molar-refractivity contribution in [3.63, 3.8) is 0 Å². The monoisotopic (exact) mass is 209 g/mol. The van der Waals surface area contributed by atoms with Gasteiger partial charge in [-0.25, -0.2) is 4.39 Å². The summed E-state index contributed by atoms with van der Waals surface area (Å²) in [6.07, 6.45) is 0. The summed E-state index contributed by atoms with van der Waals surface area (Å²) in [5.41, 5.74) is 1.01. The molecule has 0 heterocycles. The summed E-state index contributed by atoms with van der Waals surface area (Å²) in [6.45, 7) is 4.12. The van der Waals surface area contributed by atoms with Gasteiger partial charge < -0.3 is 5.32 Å². The van der Waals surface area contributed by atoms with E-state index >= 15 is 0 Å². The van der Waals surface area contributed by atoms with Crippen LogP contribution in [0.3, 0.4) is 0 Å². The van der Waals surface area contributed by atoms with Crippen molar-refractivity contribution in [2.75, 3.05) is 13.6 Å². The van der Waals surface area contributed by atoms with Crippen molar-refractivity contribution in [2.45, 2.75) is 13.8 Å². The second-order valence-corrected chi connectivity index (χ2v) is 3.79. The van der Waals surface area contributed by atoms with Gasteiger partial charge in [0.15, 0.2) is 5.78 Å². The molecular formula is C12H16FNO. The SMILES string of the molecule is CNCC(C)C(=O)c1ccc(C)c(F)c1. The third kappa shape index (κ3) is 2.86. The zero-order valence-electron chi connectivity index (χ0n) is 9.30. The number of aryl methyl sites for hydroxylation is 1. The molecule has 0 spiro atoms. The molecule has 0 radical (unpaired) electrons. The predicted octanol–water partition coefficient (Wildman–Crippen LogP) is 2.17. The first-order chi connectivity index (χ1) is 7.06. The summed E-state index contributed by atoms with van der Waals surface area (Å²) in [5, 5.41) is 2.93. The number of carbonyl (C=O) groups excluding carboxylic acids is 1. The third-order valence-electron chi connectivity index (χ3n) is 2.41. The van der Waals surface area contributed by atoms with Crippen LogP contribution in [0.25, 0.3) is 0 Å². The first kappa shape index (κ1) is 11.9. The number of Topliss-reactive ketones (excluding diaryl/α,β-unsaturated/α-hetero) is 1. The van der Waals surface area contributed by atoms with Crippen LogP contribution in [0.2, 0.25) is 0 Å². The largest absolute Gasteiger partial charge is 0.319 e. The fourth-order valence-electron chi connectivity index (χ4n) is 1.43. The Kier molecular flexibility index (Phi) is 3.97. The van der Waals surface area contributed by atoms with Crippen molar-refractivity contribution < 1.29 is 9.18 Å². The van der Waals surface area contributed by atoms with Gasteiger partial charge in [0, 0.05) is 18.0 Å². The third-order valence-corrected chi connectivity index (χ3v) is 2.41. The number of hydrogen-bond acceptors (Lipinski definition) is 2. The molecule has 3 heteroatoms. The van der Waals surface area contributed by atoms with Crippen molar-refractivity contribution in [1.29, 1.82) is 0 Å². The molecule has 0 amide bonds. The highest BCUT2D eigenvalue weighted by atomic mass is 19.1. The Balaban J connectivity index is 2.87. The van der Waals surface area contributed by atoms with Crippen LogP contribution in [0, 0.1) is 18.7 Å². The minimum absolute atomic E-state index is 0.0248. The molecule has 1 rings (SSSR count). The lowest BCUT2D eigenvalue weighted by Crippen LogP contribution is -2.23. The number of rotatable bonds is 4. The lowest BCUT2D eigenvalue weighted by atomic mass is 9.98. The maximum atomic E-state index is 13.2. The van der Waals surface area contributed by atoms with Gasteiger partial charge in [0.25, 0.3) is 0 Å². The van der Waals surface area contributed by atoms with Crippen molar-refractivity contribution in [2.24, 2.45) is 5.92 Å². The van der Waals surface area contributed by atoms with Gasteiger partial charge in [0.2, 0.25) is 0 Å². The molecule has 0 saturated carbocycles. The average Bonchev–Trinajstić information content (AvgIpc) is 2.21. The predicted molar refractivity (Wildman–Crippen MR) is 58.6 cm³/mol. The van der Waals surface area contributed by atoms with E-state index in [1.54, 1.807) is 26.1 Å². The van der Waals surface area contributed by atoms with Crippen molar-refractivity contribution in [3.05, 3.63) is 35.1 Å². The molecule has 1 N–H and O–H groups in total. The topological polar surface area (TPSA) is 29.1 Å². The molecule has 82 valence electrons. The molecular weight excluding hydrogens is 193 g/mol. The van der Waals surface area contributed by atoms with E-state index in [0.29, 0.717) is 17.7 Å². The van der Waals surface area contributed by atoms with Gasteiger partial charge in [-0.15, -0.1) is 0 Å². The van der Waals surface area contributed by atoms with Crippen LogP contribution in [-0.2, 0) is 0 Å². The molecule has 15 heavy (non-hydrogen) atoms. The van der Waals surface area contributed by atoms with E-state index in [4.69, 9.17) is 0 Å². The van der Waals surface area contributed by atoms with E-state index in [2.05, 4.69) is 5.32 Å². The maximum Gasteiger partial charge on any atom is 0.167 e. The second-order valence-electron chi connectivity index (χ2n) is 3.79. The molecule has 0 aliphatic heterocycles. The summed E-state index contributed by atoms with van der Waals surface area (Å²) in [6, 6.07) is 4.62. The molecule has 1 atom stereocenters. The van der Waals surface area contributed by atoms with Gasteiger partial charge in [0.1, 0.15) is 5.82 Å². The molecule has 0 bridgehead atoms. The minimum atomic E-state index is -0.322. The van der Waals surface area contributed by atoms with Gasteiger partial charge in [-0.1, -0.05) is 19.1 Å². The summed E-state index contributed by atoms with van der Waals surface area (Å²) < 4.78 is 13.2. The zero-order valence-corrected chi connectivity index (χ0v) is 9.30. The lowest BCUT2D eigenvalue weighted by Gasteiger charge is -2.09. The first-order valence-electron chi connectivity index (χ1n) is 5.01. The van der Waals surface area contributed by atoms with E-state index in [9.17, 15) is 9.18 Å². The molecule has 0 aliphatic carbocycles. The molecule has 0 saturated heterocycles. The minimum Gasteiger partial charge on any atom is -0.319 e. The summed E-state index contributed by atoms with van der Waals surface area (Å²) in [7, 11) is 1.79. The maximum absolute atomic E-state index is 13.2. The van der Waals surface area contributed by atoms with Crippen molar-refractivity contribution in [1.82, 2.24) is 5.32 Å². The van der Waals surface area contributed by atoms with Gasteiger partial charge in [-0.2, -0.15) is 0 Å². The molecule has 1 aromatic rings. The Labute approximate surface area is 89.5 Å². The van der Waals surface area contributed by atoms with Crippen LogP contribution in [0.5, 0.6) is 0 Å². The smallest absolute Gasteiger partial charge is 0.167 e. The normalized spacial score (nSPS) is 12.5. The number of ketones is 1. The average molecular weight is 209 g/mol. The fraction of sp³-hybridized carbons (Fsp3) is 0.417. The number of hydrogen-bond donors (Lipinski definition) is 1. The van der Waals surface area contributed by atoms with Gasteiger partial charge >= 0.3 is 0 Å². The van der Waals surface area contributed by atoms with Gasteiger partial charge in [-0.3, -0.25) is 4.79 Å². The highest BCUT2D eigenvalue weighted by molar-refractivity contribution is 5.97. The Morgan fingerprint density at radius 1 is 1.53 bits per heavy atom. The summed E-state index contributed by atoms with van der Waals surface area (Å²) in [5.74, 6) is -0.474. The van der Waals surface area contributed by atoms with Gasteiger partial charge in [0.05, 0.1) is 0 Å². The van der Waals surface area contributed by atoms with E-state index in [0.717, 1.165) is 0 Å². The Hall–Kier alpha value is -1.22. The summed E-state index contributed by atoms with van der Waals surface area (Å²) in [4.78, 5) is 11.8. The van der Waals surface area contributed by atoms with E-state index in [1.165, 1.54) is 6.07 Å². The van der Waals surface area contributed by atoms with Crippen molar-refractivity contribution in [3.8, 4) is 0 Å². The van der Waals surface area contributed by atoms with Gasteiger partial charge in [-0.05, 0) is 25.6 Å². The molecule has 0 aliphatic rings. The standard InChI is InChI=1S/C12H16FNO/c1-8-4-5-10(6-11(8)13)12(15)9(2)7-14-3/h4-6,9,14H,7H2,1-3H3. The number of nitrogens with one attached hydrogen (secondary N) is 1. The molecule has 1 unspecified atom stereocenters. The lowest BCUT2D eigenvalue weighted by molar-refractivity contribution is 0.0929. The van der Waals surface area contributed by atoms with Crippen LogP contribution in [0.15, 0.2) is 18.2 Å². The molecule has 1 aromatic carbocycles. The Morgan fingerprint density at radius 2 is 2.20 bits per heavy atom. The van der Waals surface area contributed by atoms with Crippen LogP contribution >= 0.6 is 0 Å². The number of halogens is 1. The molecule has 0 fully saturated rings. The Morgan fingerprint density at radius 3 is 2.73 bits per heavy atom. The quantitative estimate of drug-likeness (QED) is 0.770. The van der Waals surface area contributed by atoms with Crippen LogP contribution in [0.1, 0.15) is 22.8 Å². The first-order valence-corrected chi connectivity index (χ1v) is 5.01. The van der Waals surface area contributed by atoms with E-state index in [1.807, 2.05) is 6.92 Å². The fourth-order valence-corrected chi connectivity index (χ4v) is 1.43. The van der Waals surface area contributed by atoms with Crippen LogP contribution < -0.4 is 5.32 Å². The van der Waals surface area contributed by atoms with Crippen molar-refractivity contribution >= 4 is 5.78 Å². The van der Waals surface area contributed by atoms with E-state index in [-0.39, 0.29) is 17.5 Å². The number of benzene rings is 1. The van der Waals surface area contributed by atoms with Crippen LogP contribution in [-0.4, -0.2) is 19.4 Å². The highest BCUT2D eigenvalue weighted by Gasteiger charge is 2.15. The highest BCUT2D eigenvalue weighted by Crippen LogP contribution is 2.13. The summed E-state index contributed by atoms with van der Waals surface area (Å²) >= 11 is 0. The molecule has 2 nitrogen and oxygen atoms in total. The Bertz CT molecular complexity index is 363. The number of carbonyl (C=O) groups is 1. The second kappa shape index (κ2) is 5.03.